The zero-order valence-electron chi connectivity index (χ0n) is 11.2. The molecular formula is C12H14FN3O3S. The summed E-state index contributed by atoms with van der Waals surface area (Å²) in [5.41, 5.74) is 6.18. The number of sulfone groups is 1. The average molecular weight is 299 g/mol. The Morgan fingerprint density at radius 3 is 2.45 bits per heavy atom. The van der Waals surface area contributed by atoms with Crippen molar-refractivity contribution in [1.29, 1.82) is 0 Å². The van der Waals surface area contributed by atoms with Gasteiger partial charge in [0.15, 0.2) is 15.7 Å². The molecule has 0 amide bonds. The summed E-state index contributed by atoms with van der Waals surface area (Å²) in [4.78, 5) is -0.485. The lowest BCUT2D eigenvalue weighted by atomic mass is 10.1. The summed E-state index contributed by atoms with van der Waals surface area (Å²) >= 11 is 0. The molecule has 0 fully saturated rings. The minimum atomic E-state index is -3.78. The van der Waals surface area contributed by atoms with Gasteiger partial charge in [-0.15, -0.1) is 0 Å². The molecule has 0 saturated carbocycles. The number of aryl methyl sites for hydroxylation is 1. The van der Waals surface area contributed by atoms with Gasteiger partial charge in [0.2, 0.25) is 0 Å². The summed E-state index contributed by atoms with van der Waals surface area (Å²) in [7, 11) is -0.893. The fourth-order valence-electron chi connectivity index (χ4n) is 1.91. The van der Waals surface area contributed by atoms with Crippen LogP contribution in [0.15, 0.2) is 23.2 Å². The Labute approximate surface area is 115 Å². The van der Waals surface area contributed by atoms with Crippen molar-refractivity contribution in [2.24, 2.45) is 7.05 Å². The number of nitrogens with two attached hydrogens (primary N) is 1. The molecule has 0 unspecified atom stereocenters. The number of methoxy groups -OCH3 is 1. The van der Waals surface area contributed by atoms with Gasteiger partial charge in [0.1, 0.15) is 16.5 Å². The third-order valence-corrected chi connectivity index (χ3v) is 4.05. The fraction of sp³-hybridized carbons (Fsp3) is 0.250. The molecule has 0 atom stereocenters. The monoisotopic (exact) mass is 299 g/mol. The maximum absolute atomic E-state index is 14.5. The van der Waals surface area contributed by atoms with Gasteiger partial charge in [-0.25, -0.2) is 12.8 Å². The SMILES string of the molecule is COc1ccc(-c2cnn(C)c2N)c(F)c1S(C)(=O)=O. The van der Waals surface area contributed by atoms with Crippen LogP contribution in [0.25, 0.3) is 11.1 Å². The predicted octanol–water partition coefficient (Wildman–Crippen LogP) is 1.22. The molecule has 1 aromatic carbocycles. The van der Waals surface area contributed by atoms with E-state index < -0.39 is 20.5 Å². The number of benzene rings is 1. The highest BCUT2D eigenvalue weighted by molar-refractivity contribution is 7.90. The second-order valence-corrected chi connectivity index (χ2v) is 6.25. The van der Waals surface area contributed by atoms with Gasteiger partial charge in [-0.05, 0) is 12.1 Å². The Bertz CT molecular complexity index is 768. The minimum Gasteiger partial charge on any atom is -0.495 e. The molecule has 8 heteroatoms. The lowest BCUT2D eigenvalue weighted by Crippen LogP contribution is -2.06. The van der Waals surface area contributed by atoms with Gasteiger partial charge in [-0.3, -0.25) is 4.68 Å². The van der Waals surface area contributed by atoms with Crippen LogP contribution < -0.4 is 10.5 Å². The van der Waals surface area contributed by atoms with Crippen molar-refractivity contribution >= 4 is 15.7 Å². The van der Waals surface area contributed by atoms with E-state index in [4.69, 9.17) is 10.5 Å². The van der Waals surface area contributed by atoms with Crippen LogP contribution in [0.2, 0.25) is 0 Å². The highest BCUT2D eigenvalue weighted by Crippen LogP contribution is 2.35. The van der Waals surface area contributed by atoms with Gasteiger partial charge in [0, 0.05) is 24.4 Å². The van der Waals surface area contributed by atoms with E-state index in [1.807, 2.05) is 0 Å². The predicted molar refractivity (Wildman–Crippen MR) is 72.7 cm³/mol. The first-order chi connectivity index (χ1) is 9.27. The molecule has 1 aromatic heterocycles. The first kappa shape index (κ1) is 14.3. The Kier molecular flexibility index (Phi) is 3.43. The molecule has 2 aromatic rings. The third kappa shape index (κ3) is 2.22. The summed E-state index contributed by atoms with van der Waals surface area (Å²) in [6, 6.07) is 2.80. The van der Waals surface area contributed by atoms with Crippen LogP contribution in [0.4, 0.5) is 10.2 Å². The highest BCUT2D eigenvalue weighted by atomic mass is 32.2. The average Bonchev–Trinajstić information content (AvgIpc) is 2.68. The van der Waals surface area contributed by atoms with Crippen molar-refractivity contribution in [2.45, 2.75) is 4.90 Å². The highest BCUT2D eigenvalue weighted by Gasteiger charge is 2.24. The van der Waals surface area contributed by atoms with Gasteiger partial charge in [-0.1, -0.05) is 0 Å². The van der Waals surface area contributed by atoms with E-state index in [1.165, 1.54) is 30.1 Å². The number of hydrogen-bond donors (Lipinski definition) is 1. The topological polar surface area (TPSA) is 87.2 Å². The normalized spacial score (nSPS) is 11.6. The first-order valence-corrected chi connectivity index (χ1v) is 7.51. The van der Waals surface area contributed by atoms with Crippen LogP contribution in [-0.4, -0.2) is 31.6 Å². The molecule has 0 aliphatic carbocycles. The van der Waals surface area contributed by atoms with E-state index in [0.717, 1.165) is 6.26 Å². The van der Waals surface area contributed by atoms with Gasteiger partial charge < -0.3 is 10.5 Å². The molecule has 0 bridgehead atoms. The van der Waals surface area contributed by atoms with Crippen LogP contribution in [-0.2, 0) is 16.9 Å². The van der Waals surface area contributed by atoms with E-state index in [0.29, 0.717) is 5.56 Å². The maximum Gasteiger partial charge on any atom is 0.182 e. The van der Waals surface area contributed by atoms with Crippen LogP contribution in [0.1, 0.15) is 0 Å². The number of hydrogen-bond acceptors (Lipinski definition) is 5. The van der Waals surface area contributed by atoms with E-state index in [2.05, 4.69) is 5.10 Å². The Morgan fingerprint density at radius 1 is 1.35 bits per heavy atom. The molecule has 0 spiro atoms. The molecular weight excluding hydrogens is 285 g/mol. The quantitative estimate of drug-likeness (QED) is 0.920. The standard InChI is InChI=1S/C12H14FN3O3S/c1-16-12(14)8(6-15-16)7-4-5-9(19-2)11(10(7)13)20(3,17)18/h4-6H,14H2,1-3H3. The Morgan fingerprint density at radius 2 is 2.00 bits per heavy atom. The van der Waals surface area contributed by atoms with Crippen LogP contribution in [0.3, 0.4) is 0 Å². The van der Waals surface area contributed by atoms with Crippen LogP contribution >= 0.6 is 0 Å². The van der Waals surface area contributed by atoms with Crippen molar-refractivity contribution in [1.82, 2.24) is 9.78 Å². The smallest absolute Gasteiger partial charge is 0.182 e. The van der Waals surface area contributed by atoms with Gasteiger partial charge in [0.05, 0.1) is 13.3 Å². The van der Waals surface area contributed by atoms with Gasteiger partial charge >= 0.3 is 0 Å². The summed E-state index contributed by atoms with van der Waals surface area (Å²) < 4.78 is 44.3. The van der Waals surface area contributed by atoms with Gasteiger partial charge in [-0.2, -0.15) is 5.10 Å². The van der Waals surface area contributed by atoms with Crippen molar-refractivity contribution in [3.63, 3.8) is 0 Å². The molecule has 2 rings (SSSR count). The second-order valence-electron chi connectivity index (χ2n) is 4.30. The van der Waals surface area contributed by atoms with Crippen LogP contribution in [0.5, 0.6) is 5.75 Å². The lowest BCUT2D eigenvalue weighted by Gasteiger charge is -2.11. The molecule has 108 valence electrons. The Balaban J connectivity index is 2.79. The zero-order chi connectivity index (χ0) is 15.1. The molecule has 1 heterocycles. The summed E-state index contributed by atoms with van der Waals surface area (Å²) in [6.07, 6.45) is 2.30. The van der Waals surface area contributed by atoms with Crippen molar-refractivity contribution in [3.8, 4) is 16.9 Å². The molecule has 20 heavy (non-hydrogen) atoms. The number of anilines is 1. The number of aromatic nitrogens is 2. The number of rotatable bonds is 3. The van der Waals surface area contributed by atoms with E-state index in [-0.39, 0.29) is 17.1 Å². The lowest BCUT2D eigenvalue weighted by molar-refractivity contribution is 0.395. The Hall–Kier alpha value is -2.09. The van der Waals surface area contributed by atoms with Gasteiger partial charge in [0.25, 0.3) is 0 Å². The molecule has 0 aliphatic heterocycles. The molecule has 0 radical (unpaired) electrons. The fourth-order valence-corrected chi connectivity index (χ4v) is 2.86. The first-order valence-electron chi connectivity index (χ1n) is 5.61. The number of halogens is 1. The third-order valence-electron chi connectivity index (χ3n) is 2.93. The van der Waals surface area contributed by atoms with Crippen molar-refractivity contribution in [3.05, 3.63) is 24.1 Å². The van der Waals surface area contributed by atoms with E-state index in [9.17, 15) is 12.8 Å². The van der Waals surface area contributed by atoms with E-state index in [1.54, 1.807) is 7.05 Å². The van der Waals surface area contributed by atoms with Crippen molar-refractivity contribution in [2.75, 3.05) is 19.1 Å². The number of nitrogen functional groups attached to an aromatic ring is 1. The number of nitrogens with zero attached hydrogens (tertiary/aromatic N) is 2. The summed E-state index contributed by atoms with van der Waals surface area (Å²) in [6.45, 7) is 0. The molecule has 0 aliphatic rings. The second kappa shape index (κ2) is 4.78. The molecule has 6 nitrogen and oxygen atoms in total. The summed E-state index contributed by atoms with van der Waals surface area (Å²) in [5.74, 6) is -0.698. The summed E-state index contributed by atoms with van der Waals surface area (Å²) in [5, 5.41) is 3.91. The van der Waals surface area contributed by atoms with E-state index >= 15 is 0 Å². The minimum absolute atomic E-state index is 0.0452. The van der Waals surface area contributed by atoms with Crippen LogP contribution in [0, 0.1) is 5.82 Å². The molecule has 0 saturated heterocycles. The largest absolute Gasteiger partial charge is 0.495 e. The maximum atomic E-state index is 14.5. The number of ether oxygens (including phenoxy) is 1. The zero-order valence-corrected chi connectivity index (χ0v) is 12.0. The van der Waals surface area contributed by atoms with Crippen molar-refractivity contribution < 1.29 is 17.5 Å². The molecule has 2 N–H and O–H groups in total.